The normalized spacial score (nSPS) is 16.8. The summed E-state index contributed by atoms with van der Waals surface area (Å²) >= 11 is 2.79. The number of anilines is 2. The molecule has 1 heterocycles. The van der Waals surface area contributed by atoms with Gasteiger partial charge in [-0.3, -0.25) is 4.79 Å². The molecule has 1 aliphatic carbocycles. The number of aromatic nitrogens is 2. The number of carbonyl (C=O) groups is 1. The molecule has 8 heteroatoms. The van der Waals surface area contributed by atoms with Crippen molar-refractivity contribution in [3.63, 3.8) is 0 Å². The Kier molecular flexibility index (Phi) is 6.92. The van der Waals surface area contributed by atoms with Crippen LogP contribution in [0.3, 0.4) is 0 Å². The number of benzene rings is 1. The second-order valence-electron chi connectivity index (χ2n) is 7.05. The lowest BCUT2D eigenvalue weighted by Crippen LogP contribution is -2.50. The molecule has 6 nitrogen and oxygen atoms in total. The summed E-state index contributed by atoms with van der Waals surface area (Å²) < 4.78 is 0.727. The maximum atomic E-state index is 12.6. The van der Waals surface area contributed by atoms with Crippen LogP contribution in [0.25, 0.3) is 0 Å². The molecule has 28 heavy (non-hydrogen) atoms. The Bertz CT molecular complexity index is 837. The Balaban J connectivity index is 1.56. The smallest absolute Gasteiger partial charge is 0.234 e. The molecular weight excluding hydrogens is 390 g/mol. The third kappa shape index (κ3) is 5.24. The molecule has 0 unspecified atom stereocenters. The highest BCUT2D eigenvalue weighted by atomic mass is 32.2. The van der Waals surface area contributed by atoms with Crippen LogP contribution >= 0.6 is 23.1 Å². The summed E-state index contributed by atoms with van der Waals surface area (Å²) in [6, 6.07) is 10.5. The van der Waals surface area contributed by atoms with Crippen LogP contribution in [-0.2, 0) is 11.2 Å². The fraction of sp³-hybridized carbons (Fsp3) is 0.500. The van der Waals surface area contributed by atoms with Gasteiger partial charge in [0.2, 0.25) is 11.0 Å². The molecule has 1 aliphatic rings. The Labute approximate surface area is 174 Å². The predicted molar refractivity (Wildman–Crippen MR) is 114 cm³/mol. The van der Waals surface area contributed by atoms with E-state index in [2.05, 4.69) is 46.0 Å². The molecule has 0 aliphatic heterocycles. The van der Waals surface area contributed by atoms with Crippen molar-refractivity contribution >= 4 is 39.8 Å². The van der Waals surface area contributed by atoms with Crippen molar-refractivity contribution in [1.82, 2.24) is 15.5 Å². The Morgan fingerprint density at radius 1 is 1.29 bits per heavy atom. The van der Waals surface area contributed by atoms with Crippen molar-refractivity contribution in [1.29, 1.82) is 5.26 Å². The van der Waals surface area contributed by atoms with Gasteiger partial charge in [-0.25, -0.2) is 0 Å². The number of hydrogen-bond donors (Lipinski definition) is 2. The van der Waals surface area contributed by atoms with Crippen LogP contribution in [0, 0.1) is 11.3 Å². The van der Waals surface area contributed by atoms with E-state index in [9.17, 15) is 10.1 Å². The van der Waals surface area contributed by atoms with E-state index in [0.29, 0.717) is 5.13 Å². The number of carbonyl (C=O) groups excluding carboxylic acids is 1. The van der Waals surface area contributed by atoms with Crippen LogP contribution in [0.4, 0.5) is 10.8 Å². The average Bonchev–Trinajstić information content (AvgIpc) is 3.16. The van der Waals surface area contributed by atoms with E-state index < -0.39 is 5.54 Å². The van der Waals surface area contributed by atoms with Crippen LogP contribution in [0.5, 0.6) is 0 Å². The maximum Gasteiger partial charge on any atom is 0.234 e. The molecule has 1 fully saturated rings. The molecule has 0 radical (unpaired) electrons. The Morgan fingerprint density at radius 3 is 2.64 bits per heavy atom. The highest BCUT2D eigenvalue weighted by Crippen LogP contribution is 2.32. The summed E-state index contributed by atoms with van der Waals surface area (Å²) in [7, 11) is 0. The van der Waals surface area contributed by atoms with Gasteiger partial charge in [-0.05, 0) is 43.9 Å². The minimum absolute atomic E-state index is 0.117. The molecule has 148 valence electrons. The van der Waals surface area contributed by atoms with Gasteiger partial charge >= 0.3 is 0 Å². The van der Waals surface area contributed by atoms with Crippen LogP contribution in [0.1, 0.15) is 51.5 Å². The van der Waals surface area contributed by atoms with E-state index >= 15 is 0 Å². The molecule has 2 N–H and O–H groups in total. The number of hydrogen-bond acceptors (Lipinski definition) is 7. The summed E-state index contributed by atoms with van der Waals surface area (Å²) in [4.78, 5) is 12.6. The van der Waals surface area contributed by atoms with Crippen molar-refractivity contribution in [2.24, 2.45) is 0 Å². The van der Waals surface area contributed by atoms with Crippen LogP contribution in [0.15, 0.2) is 28.6 Å². The fourth-order valence-electron chi connectivity index (χ4n) is 3.22. The zero-order valence-corrected chi connectivity index (χ0v) is 17.8. The molecular formula is C20H25N5OS2. The number of aryl methyl sites for hydroxylation is 1. The molecule has 1 saturated carbocycles. The van der Waals surface area contributed by atoms with Crippen molar-refractivity contribution in [2.75, 3.05) is 5.32 Å². The lowest BCUT2D eigenvalue weighted by molar-refractivity contribution is -0.121. The third-order valence-corrected chi connectivity index (χ3v) is 6.97. The van der Waals surface area contributed by atoms with E-state index in [4.69, 9.17) is 0 Å². The van der Waals surface area contributed by atoms with Gasteiger partial charge in [-0.2, -0.15) is 5.26 Å². The SMILES string of the molecule is CCc1ccc(Nc2nnc(S[C@@H](C)C(=O)NC3(C#N)CCCCC3)s2)cc1. The van der Waals surface area contributed by atoms with E-state index in [1.165, 1.54) is 28.7 Å². The largest absolute Gasteiger partial charge is 0.337 e. The predicted octanol–water partition coefficient (Wildman–Crippen LogP) is 4.67. The van der Waals surface area contributed by atoms with Gasteiger partial charge < -0.3 is 10.6 Å². The molecule has 0 spiro atoms. The molecule has 0 bridgehead atoms. The van der Waals surface area contributed by atoms with Crippen molar-refractivity contribution in [3.05, 3.63) is 29.8 Å². The van der Waals surface area contributed by atoms with E-state index in [-0.39, 0.29) is 11.2 Å². The lowest BCUT2D eigenvalue weighted by atomic mass is 9.83. The summed E-state index contributed by atoms with van der Waals surface area (Å²) in [5.74, 6) is -0.117. The van der Waals surface area contributed by atoms with Gasteiger partial charge in [0.1, 0.15) is 5.54 Å². The summed E-state index contributed by atoms with van der Waals surface area (Å²) in [5.41, 5.74) is 1.54. The Morgan fingerprint density at radius 2 is 2.00 bits per heavy atom. The number of nitrogens with one attached hydrogen (secondary N) is 2. The van der Waals surface area contributed by atoms with Crippen LogP contribution in [-0.4, -0.2) is 26.9 Å². The average molecular weight is 416 g/mol. The van der Waals surface area contributed by atoms with Crippen molar-refractivity contribution in [3.8, 4) is 6.07 Å². The summed E-state index contributed by atoms with van der Waals surface area (Å²) in [6.45, 7) is 3.96. The zero-order chi connectivity index (χ0) is 20.0. The Hall–Kier alpha value is -2.11. The first-order valence-corrected chi connectivity index (χ1v) is 11.3. The molecule has 2 aromatic rings. The van der Waals surface area contributed by atoms with Gasteiger partial charge in [-0.15, -0.1) is 10.2 Å². The number of nitriles is 1. The molecule has 1 amide bonds. The first-order chi connectivity index (χ1) is 13.5. The summed E-state index contributed by atoms with van der Waals surface area (Å²) in [5, 5.41) is 24.5. The monoisotopic (exact) mass is 415 g/mol. The van der Waals surface area contributed by atoms with Gasteiger partial charge in [0.25, 0.3) is 0 Å². The topological polar surface area (TPSA) is 90.7 Å². The first-order valence-electron chi connectivity index (χ1n) is 9.63. The van der Waals surface area contributed by atoms with Crippen LogP contribution < -0.4 is 10.6 Å². The van der Waals surface area contributed by atoms with E-state index in [1.807, 2.05) is 19.1 Å². The first kappa shape index (κ1) is 20.6. The van der Waals surface area contributed by atoms with Gasteiger partial charge in [0, 0.05) is 5.69 Å². The quantitative estimate of drug-likeness (QED) is 0.639. The van der Waals surface area contributed by atoms with Crippen LogP contribution in [0.2, 0.25) is 0 Å². The minimum atomic E-state index is -0.706. The fourth-order valence-corrected chi connectivity index (χ4v) is 5.13. The lowest BCUT2D eigenvalue weighted by Gasteiger charge is -2.32. The highest BCUT2D eigenvalue weighted by molar-refractivity contribution is 8.02. The van der Waals surface area contributed by atoms with Gasteiger partial charge in [-0.1, -0.05) is 61.4 Å². The maximum absolute atomic E-state index is 12.6. The second kappa shape index (κ2) is 9.39. The minimum Gasteiger partial charge on any atom is -0.337 e. The molecule has 1 atom stereocenters. The standard InChI is InChI=1S/C20H25N5OS2/c1-3-15-7-9-16(10-8-15)22-18-24-25-19(28-18)27-14(2)17(26)23-20(13-21)11-5-4-6-12-20/h7-10,14H,3-6,11-12H2,1-2H3,(H,22,24)(H,23,26)/t14-/m0/s1. The second-order valence-corrected chi connectivity index (χ2v) is 9.62. The van der Waals surface area contributed by atoms with Crippen molar-refractivity contribution < 1.29 is 4.79 Å². The third-order valence-electron chi connectivity index (χ3n) is 4.95. The molecule has 1 aromatic carbocycles. The van der Waals surface area contributed by atoms with E-state index in [0.717, 1.165) is 48.6 Å². The number of amides is 1. The van der Waals surface area contributed by atoms with Gasteiger partial charge in [0.15, 0.2) is 4.34 Å². The molecule has 0 saturated heterocycles. The van der Waals surface area contributed by atoms with Crippen molar-refractivity contribution in [2.45, 2.75) is 67.5 Å². The van der Waals surface area contributed by atoms with E-state index in [1.54, 1.807) is 0 Å². The number of thioether (sulfide) groups is 1. The zero-order valence-electron chi connectivity index (χ0n) is 16.2. The highest BCUT2D eigenvalue weighted by Gasteiger charge is 2.35. The molecule has 3 rings (SSSR count). The molecule has 1 aromatic heterocycles. The van der Waals surface area contributed by atoms with Gasteiger partial charge in [0.05, 0.1) is 11.3 Å². The number of rotatable bonds is 7. The summed E-state index contributed by atoms with van der Waals surface area (Å²) in [6.07, 6.45) is 5.57. The number of nitrogens with zero attached hydrogens (tertiary/aromatic N) is 3.